The topological polar surface area (TPSA) is 42.0 Å². The molecular weight excluding hydrogens is 276 g/mol. The number of carbonyl (C=O) groups is 1. The smallest absolute Gasteiger partial charge is 0.227 e. The van der Waals surface area contributed by atoms with Gasteiger partial charge in [-0.05, 0) is 18.6 Å². The van der Waals surface area contributed by atoms with Crippen LogP contribution in [0.1, 0.15) is 23.5 Å². The molecule has 1 saturated heterocycles. The molecule has 0 aromatic carbocycles. The van der Waals surface area contributed by atoms with E-state index in [1.165, 1.54) is 23.5 Å². The first-order valence-electron chi connectivity index (χ1n) is 5.64. The van der Waals surface area contributed by atoms with E-state index in [-0.39, 0.29) is 5.91 Å². The first kappa shape index (κ1) is 13.2. The average Bonchev–Trinajstić information content (AvgIpc) is 2.78. The van der Waals surface area contributed by atoms with E-state index in [0.29, 0.717) is 18.3 Å². The number of nitrogens with one attached hydrogen (secondary N) is 1. The molecule has 2 rings (SSSR count). The predicted octanol–water partition coefficient (Wildman–Crippen LogP) is 2.44. The number of nitrogens with zero attached hydrogens (tertiary/aromatic N) is 1. The van der Waals surface area contributed by atoms with Gasteiger partial charge in [-0.25, -0.2) is 4.98 Å². The highest BCUT2D eigenvalue weighted by molar-refractivity contribution is 7.99. The number of halogens is 1. The standard InChI is InChI=1S/C11H15ClN2OS2/c12-5-9-7-17-11(14-9)4-10(15)13-8-2-1-3-16-6-8/h7-8H,1-6H2,(H,13,15). The van der Waals surface area contributed by atoms with E-state index in [1.807, 2.05) is 17.1 Å². The lowest BCUT2D eigenvalue weighted by molar-refractivity contribution is -0.121. The van der Waals surface area contributed by atoms with Crippen LogP contribution in [0.3, 0.4) is 0 Å². The highest BCUT2D eigenvalue weighted by Gasteiger charge is 2.16. The summed E-state index contributed by atoms with van der Waals surface area (Å²) >= 11 is 9.09. The van der Waals surface area contributed by atoms with Crippen molar-refractivity contribution in [3.05, 3.63) is 16.1 Å². The Hall–Kier alpha value is -0.260. The van der Waals surface area contributed by atoms with Crippen molar-refractivity contribution in [1.82, 2.24) is 10.3 Å². The number of hydrogen-bond donors (Lipinski definition) is 1. The Bertz CT molecular complexity index is 377. The Morgan fingerprint density at radius 3 is 3.18 bits per heavy atom. The predicted molar refractivity (Wildman–Crippen MR) is 73.9 cm³/mol. The SMILES string of the molecule is O=C(Cc1nc(CCl)cs1)NC1CCCSC1. The van der Waals surface area contributed by atoms with Gasteiger partial charge >= 0.3 is 0 Å². The van der Waals surface area contributed by atoms with Crippen molar-refractivity contribution in [2.24, 2.45) is 0 Å². The van der Waals surface area contributed by atoms with Crippen molar-refractivity contribution in [1.29, 1.82) is 0 Å². The fraction of sp³-hybridized carbons (Fsp3) is 0.636. The van der Waals surface area contributed by atoms with E-state index in [0.717, 1.165) is 22.9 Å². The number of carbonyl (C=O) groups excluding carboxylic acids is 1. The molecule has 1 aromatic rings. The molecular formula is C11H15ClN2OS2. The summed E-state index contributed by atoms with van der Waals surface area (Å²) in [6.07, 6.45) is 2.68. The molecule has 1 N–H and O–H groups in total. The van der Waals surface area contributed by atoms with Gasteiger partial charge in [0.15, 0.2) is 0 Å². The molecule has 0 saturated carbocycles. The molecule has 1 aliphatic heterocycles. The third kappa shape index (κ3) is 4.16. The van der Waals surface area contributed by atoms with Gasteiger partial charge in [0.25, 0.3) is 0 Å². The second-order valence-electron chi connectivity index (χ2n) is 4.02. The fourth-order valence-corrected chi connectivity index (χ4v) is 3.85. The lowest BCUT2D eigenvalue weighted by Gasteiger charge is -2.22. The zero-order valence-electron chi connectivity index (χ0n) is 9.45. The Morgan fingerprint density at radius 1 is 1.65 bits per heavy atom. The maximum atomic E-state index is 11.8. The van der Waals surface area contributed by atoms with Crippen LogP contribution in [0.2, 0.25) is 0 Å². The summed E-state index contributed by atoms with van der Waals surface area (Å²) in [5, 5.41) is 5.83. The number of thiazole rings is 1. The molecule has 17 heavy (non-hydrogen) atoms. The van der Waals surface area contributed by atoms with Crippen LogP contribution in [0.4, 0.5) is 0 Å². The molecule has 1 unspecified atom stereocenters. The number of rotatable bonds is 4. The number of hydrogen-bond acceptors (Lipinski definition) is 4. The van der Waals surface area contributed by atoms with Gasteiger partial charge in [0.05, 0.1) is 18.0 Å². The van der Waals surface area contributed by atoms with Crippen LogP contribution in [-0.2, 0) is 17.1 Å². The summed E-state index contributed by atoms with van der Waals surface area (Å²) in [6.45, 7) is 0. The van der Waals surface area contributed by atoms with Gasteiger partial charge in [-0.3, -0.25) is 4.79 Å². The Balaban J connectivity index is 1.79. The van der Waals surface area contributed by atoms with Crippen LogP contribution >= 0.6 is 34.7 Å². The molecule has 1 aliphatic rings. The average molecular weight is 291 g/mol. The molecule has 94 valence electrons. The van der Waals surface area contributed by atoms with Gasteiger partial charge < -0.3 is 5.32 Å². The maximum absolute atomic E-state index is 11.8. The number of aromatic nitrogens is 1. The lowest BCUT2D eigenvalue weighted by Crippen LogP contribution is -2.39. The minimum Gasteiger partial charge on any atom is -0.352 e. The van der Waals surface area contributed by atoms with Gasteiger partial charge in [0.1, 0.15) is 5.01 Å². The molecule has 1 atom stereocenters. The second kappa shape index (κ2) is 6.61. The van der Waals surface area contributed by atoms with Crippen molar-refractivity contribution in [2.75, 3.05) is 11.5 Å². The highest BCUT2D eigenvalue weighted by atomic mass is 35.5. The summed E-state index contributed by atoms with van der Waals surface area (Å²) in [5.41, 5.74) is 0.854. The maximum Gasteiger partial charge on any atom is 0.227 e. The lowest BCUT2D eigenvalue weighted by atomic mass is 10.2. The van der Waals surface area contributed by atoms with Gasteiger partial charge in [-0.15, -0.1) is 22.9 Å². The molecule has 6 heteroatoms. The van der Waals surface area contributed by atoms with E-state index in [1.54, 1.807) is 0 Å². The molecule has 0 spiro atoms. The summed E-state index contributed by atoms with van der Waals surface area (Å²) < 4.78 is 0. The minimum absolute atomic E-state index is 0.0768. The number of alkyl halides is 1. The van der Waals surface area contributed by atoms with Crippen molar-refractivity contribution in [3.63, 3.8) is 0 Å². The monoisotopic (exact) mass is 290 g/mol. The number of thioether (sulfide) groups is 1. The quantitative estimate of drug-likeness (QED) is 0.866. The molecule has 0 radical (unpaired) electrons. The van der Waals surface area contributed by atoms with E-state index >= 15 is 0 Å². The van der Waals surface area contributed by atoms with Crippen molar-refractivity contribution >= 4 is 40.6 Å². The van der Waals surface area contributed by atoms with E-state index in [4.69, 9.17) is 11.6 Å². The normalized spacial score (nSPS) is 20.2. The Labute approximate surface area is 114 Å². The summed E-state index contributed by atoms with van der Waals surface area (Å²) in [6, 6.07) is 0.341. The van der Waals surface area contributed by atoms with Crippen LogP contribution in [0.5, 0.6) is 0 Å². The van der Waals surface area contributed by atoms with Crippen LogP contribution in [0.25, 0.3) is 0 Å². The summed E-state index contributed by atoms with van der Waals surface area (Å²) in [7, 11) is 0. The largest absolute Gasteiger partial charge is 0.352 e. The van der Waals surface area contributed by atoms with E-state index in [2.05, 4.69) is 10.3 Å². The molecule has 1 amide bonds. The van der Waals surface area contributed by atoms with Crippen molar-refractivity contribution in [2.45, 2.75) is 31.2 Å². The van der Waals surface area contributed by atoms with Crippen LogP contribution in [-0.4, -0.2) is 28.4 Å². The van der Waals surface area contributed by atoms with Gasteiger partial charge in [-0.1, -0.05) is 0 Å². The minimum atomic E-state index is 0.0768. The van der Waals surface area contributed by atoms with Crippen LogP contribution < -0.4 is 5.32 Å². The van der Waals surface area contributed by atoms with Gasteiger partial charge in [0, 0.05) is 17.2 Å². The summed E-state index contributed by atoms with van der Waals surface area (Å²) in [4.78, 5) is 16.1. The fourth-order valence-electron chi connectivity index (χ4n) is 1.76. The highest BCUT2D eigenvalue weighted by Crippen LogP contribution is 2.17. The van der Waals surface area contributed by atoms with Crippen LogP contribution in [0.15, 0.2) is 5.38 Å². The van der Waals surface area contributed by atoms with Crippen LogP contribution in [0, 0.1) is 0 Å². The van der Waals surface area contributed by atoms with E-state index < -0.39 is 0 Å². The first-order valence-corrected chi connectivity index (χ1v) is 8.21. The van der Waals surface area contributed by atoms with Gasteiger partial charge in [0.2, 0.25) is 5.91 Å². The molecule has 3 nitrogen and oxygen atoms in total. The second-order valence-corrected chi connectivity index (χ2v) is 6.38. The zero-order chi connectivity index (χ0) is 12.1. The zero-order valence-corrected chi connectivity index (χ0v) is 11.8. The first-order chi connectivity index (χ1) is 8.28. The Kier molecular flexibility index (Phi) is 5.13. The Morgan fingerprint density at radius 2 is 2.53 bits per heavy atom. The molecule has 0 bridgehead atoms. The van der Waals surface area contributed by atoms with Crippen molar-refractivity contribution < 1.29 is 4.79 Å². The molecule has 1 aromatic heterocycles. The van der Waals surface area contributed by atoms with Gasteiger partial charge in [-0.2, -0.15) is 11.8 Å². The molecule has 2 heterocycles. The molecule has 1 fully saturated rings. The third-order valence-electron chi connectivity index (χ3n) is 2.57. The number of amides is 1. The molecule has 0 aliphatic carbocycles. The summed E-state index contributed by atoms with van der Waals surface area (Å²) in [5.74, 6) is 2.75. The van der Waals surface area contributed by atoms with E-state index in [9.17, 15) is 4.79 Å². The van der Waals surface area contributed by atoms with Crippen molar-refractivity contribution in [3.8, 4) is 0 Å². The third-order valence-corrected chi connectivity index (χ3v) is 4.96.